The van der Waals surface area contributed by atoms with E-state index in [-0.39, 0.29) is 40.0 Å². The minimum atomic E-state index is -0.801. The van der Waals surface area contributed by atoms with Crippen molar-refractivity contribution in [2.24, 2.45) is 0 Å². The first kappa shape index (κ1) is 27.8. The van der Waals surface area contributed by atoms with Gasteiger partial charge in [-0.25, -0.2) is 14.0 Å². The van der Waals surface area contributed by atoms with Gasteiger partial charge < -0.3 is 24.5 Å². The highest BCUT2D eigenvalue weighted by atomic mass is 35.5. The maximum atomic E-state index is 13.3. The van der Waals surface area contributed by atoms with E-state index in [2.05, 4.69) is 15.4 Å². The molecular formula is C25H18ClFN4O9. The van der Waals surface area contributed by atoms with Gasteiger partial charge in [-0.3, -0.25) is 24.6 Å². The Morgan fingerprint density at radius 1 is 1.23 bits per heavy atom. The van der Waals surface area contributed by atoms with Gasteiger partial charge in [-0.2, -0.15) is 0 Å². The summed E-state index contributed by atoms with van der Waals surface area (Å²) in [4.78, 5) is 60.6. The molecule has 15 heteroatoms. The lowest BCUT2D eigenvalue weighted by atomic mass is 10.1. The first-order valence-corrected chi connectivity index (χ1v) is 11.6. The van der Waals surface area contributed by atoms with Gasteiger partial charge in [0.25, 0.3) is 11.8 Å². The van der Waals surface area contributed by atoms with Crippen LogP contribution in [0.15, 0.2) is 58.6 Å². The minimum Gasteiger partial charge on any atom is -0.476 e. The molecular weight excluding hydrogens is 555 g/mol. The number of nitro groups is 1. The molecule has 2 aromatic carbocycles. The number of hydrogen-bond acceptors (Lipinski definition) is 9. The number of anilines is 1. The number of esters is 1. The topological polar surface area (TPSA) is 170 Å². The summed E-state index contributed by atoms with van der Waals surface area (Å²) < 4.78 is 28.4. The fourth-order valence-electron chi connectivity index (χ4n) is 3.57. The molecule has 0 atom stereocenters. The number of benzene rings is 2. The van der Waals surface area contributed by atoms with Crippen LogP contribution in [0.5, 0.6) is 5.75 Å². The number of nitro benzene ring substituents is 1. The molecule has 1 aromatic heterocycles. The van der Waals surface area contributed by atoms with E-state index >= 15 is 0 Å². The molecule has 2 heterocycles. The smallest absolute Gasteiger partial charge is 0.373 e. The van der Waals surface area contributed by atoms with Crippen LogP contribution in [-0.4, -0.2) is 47.4 Å². The van der Waals surface area contributed by atoms with Crippen molar-refractivity contribution in [1.82, 2.24) is 10.2 Å². The van der Waals surface area contributed by atoms with Crippen LogP contribution < -0.4 is 15.4 Å². The lowest BCUT2D eigenvalue weighted by Crippen LogP contribution is -2.30. The van der Waals surface area contributed by atoms with E-state index in [1.807, 2.05) is 0 Å². The molecule has 0 saturated carbocycles. The average molecular weight is 573 g/mol. The van der Waals surface area contributed by atoms with E-state index in [0.29, 0.717) is 0 Å². The molecule has 0 unspecified atom stereocenters. The molecule has 4 amide bonds. The molecule has 1 aliphatic heterocycles. The molecule has 13 nitrogen and oxygen atoms in total. The van der Waals surface area contributed by atoms with Gasteiger partial charge in [0.2, 0.25) is 11.5 Å². The van der Waals surface area contributed by atoms with Crippen molar-refractivity contribution in [2.45, 2.75) is 6.54 Å². The number of halogens is 2. The number of carbonyl (C=O) groups is 4. The van der Waals surface area contributed by atoms with Crippen LogP contribution in [0.3, 0.4) is 0 Å². The molecule has 1 fully saturated rings. The van der Waals surface area contributed by atoms with Crippen LogP contribution in [0.4, 0.5) is 20.6 Å². The van der Waals surface area contributed by atoms with E-state index in [1.54, 1.807) is 0 Å². The maximum absolute atomic E-state index is 13.3. The fraction of sp³-hybridized carbons (Fsp3) is 0.120. The van der Waals surface area contributed by atoms with Crippen molar-refractivity contribution in [2.75, 3.05) is 19.0 Å². The Balaban J connectivity index is 1.49. The number of carbonyl (C=O) groups excluding carboxylic acids is 4. The number of imide groups is 1. The molecule has 0 radical (unpaired) electrons. The van der Waals surface area contributed by atoms with E-state index in [0.717, 1.165) is 17.0 Å². The quantitative estimate of drug-likeness (QED) is 0.127. The van der Waals surface area contributed by atoms with Crippen LogP contribution in [-0.2, 0) is 20.9 Å². The van der Waals surface area contributed by atoms with E-state index < -0.39 is 52.6 Å². The van der Waals surface area contributed by atoms with Crippen molar-refractivity contribution in [3.05, 3.63) is 92.3 Å². The third kappa shape index (κ3) is 6.24. The second kappa shape index (κ2) is 11.7. The van der Waals surface area contributed by atoms with Crippen molar-refractivity contribution >= 4 is 52.9 Å². The predicted octanol–water partition coefficient (Wildman–Crippen LogP) is 3.88. The SMILES string of the molecule is COC(=O)c1ccc(CN2C(=O)N/C(=C\c3cc(Cl)c(OCC(=O)Nc4cccc(F)c4)c([N+](=O)[O-])c3)C2=O)o1. The van der Waals surface area contributed by atoms with E-state index in [4.69, 9.17) is 20.8 Å². The van der Waals surface area contributed by atoms with Crippen molar-refractivity contribution in [1.29, 1.82) is 0 Å². The third-order valence-corrected chi connectivity index (χ3v) is 5.62. The highest BCUT2D eigenvalue weighted by Gasteiger charge is 2.34. The number of furan rings is 1. The Morgan fingerprint density at radius 3 is 2.70 bits per heavy atom. The largest absolute Gasteiger partial charge is 0.476 e. The molecule has 2 N–H and O–H groups in total. The summed E-state index contributed by atoms with van der Waals surface area (Å²) in [5.74, 6) is -3.20. The number of hydrogen-bond donors (Lipinski definition) is 2. The Morgan fingerprint density at radius 2 is 2.00 bits per heavy atom. The van der Waals surface area contributed by atoms with Gasteiger partial charge in [-0.15, -0.1) is 0 Å². The van der Waals surface area contributed by atoms with Crippen molar-refractivity contribution in [3.63, 3.8) is 0 Å². The number of rotatable bonds is 9. The predicted molar refractivity (Wildman–Crippen MR) is 136 cm³/mol. The number of nitrogens with one attached hydrogen (secondary N) is 2. The lowest BCUT2D eigenvalue weighted by Gasteiger charge is -2.10. The number of nitrogens with zero attached hydrogens (tertiary/aromatic N) is 2. The molecule has 0 spiro atoms. The van der Waals surface area contributed by atoms with Gasteiger partial charge in [-0.05, 0) is 48.0 Å². The molecule has 206 valence electrons. The van der Waals surface area contributed by atoms with Crippen molar-refractivity contribution in [3.8, 4) is 5.75 Å². The maximum Gasteiger partial charge on any atom is 0.373 e. The molecule has 1 saturated heterocycles. The van der Waals surface area contributed by atoms with Crippen LogP contribution in [0.2, 0.25) is 5.02 Å². The van der Waals surface area contributed by atoms with E-state index in [9.17, 15) is 33.7 Å². The zero-order valence-electron chi connectivity index (χ0n) is 20.4. The molecule has 0 bridgehead atoms. The Hall–Kier alpha value is -5.24. The van der Waals surface area contributed by atoms with Gasteiger partial charge in [-0.1, -0.05) is 17.7 Å². The summed E-state index contributed by atoms with van der Waals surface area (Å²) in [7, 11) is 1.17. The monoisotopic (exact) mass is 572 g/mol. The molecule has 40 heavy (non-hydrogen) atoms. The van der Waals surface area contributed by atoms with E-state index in [1.165, 1.54) is 49.6 Å². The summed E-state index contributed by atoms with van der Waals surface area (Å²) >= 11 is 6.20. The normalized spacial score (nSPS) is 13.8. The van der Waals surface area contributed by atoms with Gasteiger partial charge in [0.1, 0.15) is 17.3 Å². The number of ether oxygens (including phenoxy) is 2. The molecule has 1 aliphatic rings. The second-order valence-electron chi connectivity index (χ2n) is 8.09. The highest BCUT2D eigenvalue weighted by Crippen LogP contribution is 2.37. The molecule has 4 rings (SSSR count). The zero-order chi connectivity index (χ0) is 29.0. The first-order chi connectivity index (χ1) is 19.0. The summed E-state index contributed by atoms with van der Waals surface area (Å²) in [6, 6.07) is 9.29. The summed E-state index contributed by atoms with van der Waals surface area (Å²) in [6.07, 6.45) is 1.17. The highest BCUT2D eigenvalue weighted by molar-refractivity contribution is 6.32. The molecule has 0 aliphatic carbocycles. The summed E-state index contributed by atoms with van der Waals surface area (Å²) in [5.41, 5.74) is -0.593. The third-order valence-electron chi connectivity index (χ3n) is 5.33. The van der Waals surface area contributed by atoms with Crippen LogP contribution in [0.25, 0.3) is 6.08 Å². The summed E-state index contributed by atoms with van der Waals surface area (Å²) in [6.45, 7) is -0.976. The fourth-order valence-corrected chi connectivity index (χ4v) is 3.85. The van der Waals surface area contributed by atoms with Crippen molar-refractivity contribution < 1.29 is 42.4 Å². The zero-order valence-corrected chi connectivity index (χ0v) is 21.2. The molecule has 3 aromatic rings. The van der Waals surface area contributed by atoms with Gasteiger partial charge in [0, 0.05) is 11.8 Å². The van der Waals surface area contributed by atoms with Gasteiger partial charge >= 0.3 is 17.7 Å². The standard InChI is InChI=1S/C25H18ClFN4O9/c1-38-24(34)20-6-5-16(40-20)11-30-23(33)18(29-25(30)35)8-13-7-17(26)22(19(9-13)31(36)37)39-12-21(32)28-15-4-2-3-14(27)10-15/h2-10H,11-12H2,1H3,(H,28,32)(H,29,35)/b18-8-. The number of amides is 4. The average Bonchev–Trinajstić information content (AvgIpc) is 3.47. The van der Waals surface area contributed by atoms with Crippen LogP contribution in [0, 0.1) is 15.9 Å². The van der Waals surface area contributed by atoms with Crippen LogP contribution in [0.1, 0.15) is 21.9 Å². The lowest BCUT2D eigenvalue weighted by molar-refractivity contribution is -0.385. The second-order valence-corrected chi connectivity index (χ2v) is 8.50. The Kier molecular flexibility index (Phi) is 8.09. The van der Waals surface area contributed by atoms with Crippen LogP contribution >= 0.6 is 11.6 Å². The van der Waals surface area contributed by atoms with Gasteiger partial charge in [0.05, 0.1) is 23.6 Å². The summed E-state index contributed by atoms with van der Waals surface area (Å²) in [5, 5.41) is 16.2. The number of methoxy groups -OCH3 is 1. The Bertz CT molecular complexity index is 1570. The first-order valence-electron chi connectivity index (χ1n) is 11.2. The number of urea groups is 1. The Labute approximate surface area is 229 Å². The minimum absolute atomic E-state index is 0.0738. The van der Waals surface area contributed by atoms with Gasteiger partial charge in [0.15, 0.2) is 6.61 Å².